The van der Waals surface area contributed by atoms with Gasteiger partial charge in [0.15, 0.2) is 0 Å². The topological polar surface area (TPSA) is 46.5 Å². The van der Waals surface area contributed by atoms with Crippen molar-refractivity contribution in [3.63, 3.8) is 0 Å². The number of esters is 1. The van der Waals surface area contributed by atoms with E-state index in [1.165, 1.54) is 7.11 Å². The molecule has 0 aromatic carbocycles. The van der Waals surface area contributed by atoms with Crippen LogP contribution in [0.4, 0.5) is 0 Å². The SMILES string of the molecule is COC(=O)CC1(O)C=CCCC1. The van der Waals surface area contributed by atoms with Crippen molar-refractivity contribution in [1.82, 2.24) is 0 Å². The molecule has 1 rings (SSSR count). The zero-order valence-electron chi connectivity index (χ0n) is 7.25. The zero-order valence-corrected chi connectivity index (χ0v) is 7.25. The summed E-state index contributed by atoms with van der Waals surface area (Å²) in [5.41, 5.74) is -0.953. The molecule has 3 nitrogen and oxygen atoms in total. The molecule has 0 spiro atoms. The lowest BCUT2D eigenvalue weighted by Gasteiger charge is -2.25. The predicted octanol–water partition coefficient (Wildman–Crippen LogP) is 1.02. The highest BCUT2D eigenvalue weighted by Crippen LogP contribution is 2.25. The molecule has 0 saturated heterocycles. The monoisotopic (exact) mass is 170 g/mol. The fourth-order valence-electron chi connectivity index (χ4n) is 1.38. The van der Waals surface area contributed by atoms with Crippen LogP contribution in [0, 0.1) is 0 Å². The molecule has 3 heteroatoms. The minimum absolute atomic E-state index is 0.0694. The first kappa shape index (κ1) is 9.26. The van der Waals surface area contributed by atoms with Crippen molar-refractivity contribution < 1.29 is 14.6 Å². The van der Waals surface area contributed by atoms with Crippen LogP contribution in [0.3, 0.4) is 0 Å². The van der Waals surface area contributed by atoms with E-state index in [2.05, 4.69) is 4.74 Å². The fraction of sp³-hybridized carbons (Fsp3) is 0.667. The van der Waals surface area contributed by atoms with E-state index in [0.29, 0.717) is 6.42 Å². The molecule has 1 aliphatic rings. The molecule has 0 aromatic rings. The number of hydrogen-bond acceptors (Lipinski definition) is 3. The molecule has 1 N–H and O–H groups in total. The van der Waals surface area contributed by atoms with Gasteiger partial charge in [0.25, 0.3) is 0 Å². The van der Waals surface area contributed by atoms with Crippen molar-refractivity contribution in [3.8, 4) is 0 Å². The average Bonchev–Trinajstić information content (AvgIpc) is 2.05. The molecule has 0 radical (unpaired) electrons. The highest BCUT2D eigenvalue weighted by atomic mass is 16.5. The van der Waals surface area contributed by atoms with Gasteiger partial charge in [-0.05, 0) is 19.3 Å². The first-order valence-electron chi connectivity index (χ1n) is 4.13. The lowest BCUT2D eigenvalue weighted by molar-refractivity contribution is -0.144. The van der Waals surface area contributed by atoms with Gasteiger partial charge in [-0.3, -0.25) is 4.79 Å². The molecule has 0 amide bonds. The van der Waals surface area contributed by atoms with Gasteiger partial charge in [-0.25, -0.2) is 0 Å². The van der Waals surface area contributed by atoms with Gasteiger partial charge in [0.2, 0.25) is 0 Å². The third-order valence-electron chi connectivity index (χ3n) is 2.09. The van der Waals surface area contributed by atoms with Crippen LogP contribution >= 0.6 is 0 Å². The molecular formula is C9H14O3. The summed E-state index contributed by atoms with van der Waals surface area (Å²) < 4.78 is 4.49. The summed E-state index contributed by atoms with van der Waals surface area (Å²) in [6.07, 6.45) is 6.26. The van der Waals surface area contributed by atoms with E-state index >= 15 is 0 Å². The van der Waals surface area contributed by atoms with E-state index in [9.17, 15) is 9.90 Å². The second-order valence-electron chi connectivity index (χ2n) is 3.15. The maximum absolute atomic E-state index is 10.9. The molecule has 0 aromatic heterocycles. The summed E-state index contributed by atoms with van der Waals surface area (Å²) in [5, 5.41) is 9.79. The molecule has 0 aliphatic heterocycles. The van der Waals surface area contributed by atoms with E-state index in [-0.39, 0.29) is 12.4 Å². The van der Waals surface area contributed by atoms with Crippen molar-refractivity contribution in [2.24, 2.45) is 0 Å². The summed E-state index contributed by atoms with van der Waals surface area (Å²) in [6.45, 7) is 0. The Morgan fingerprint density at radius 2 is 2.50 bits per heavy atom. The predicted molar refractivity (Wildman–Crippen MR) is 44.6 cm³/mol. The maximum Gasteiger partial charge on any atom is 0.308 e. The van der Waals surface area contributed by atoms with E-state index in [4.69, 9.17) is 0 Å². The number of carbonyl (C=O) groups is 1. The first-order chi connectivity index (χ1) is 5.66. The molecule has 1 atom stereocenters. The summed E-state index contributed by atoms with van der Waals surface area (Å²) in [6, 6.07) is 0. The number of methoxy groups -OCH3 is 1. The number of ether oxygens (including phenoxy) is 1. The van der Waals surface area contributed by atoms with Crippen molar-refractivity contribution in [3.05, 3.63) is 12.2 Å². The highest BCUT2D eigenvalue weighted by Gasteiger charge is 2.28. The first-order valence-corrected chi connectivity index (χ1v) is 4.13. The molecule has 1 unspecified atom stereocenters. The average molecular weight is 170 g/mol. The van der Waals surface area contributed by atoms with E-state index < -0.39 is 5.60 Å². The third kappa shape index (κ3) is 2.34. The van der Waals surface area contributed by atoms with Gasteiger partial charge >= 0.3 is 5.97 Å². The van der Waals surface area contributed by atoms with Crippen LogP contribution in [0.25, 0.3) is 0 Å². The molecule has 68 valence electrons. The molecular weight excluding hydrogens is 156 g/mol. The molecule has 0 fully saturated rings. The van der Waals surface area contributed by atoms with Crippen LogP contribution in [0.15, 0.2) is 12.2 Å². The van der Waals surface area contributed by atoms with Crippen LogP contribution in [0.5, 0.6) is 0 Å². The second kappa shape index (κ2) is 3.72. The van der Waals surface area contributed by atoms with Crippen molar-refractivity contribution >= 4 is 5.97 Å². The van der Waals surface area contributed by atoms with Crippen LogP contribution < -0.4 is 0 Å². The smallest absolute Gasteiger partial charge is 0.308 e. The van der Waals surface area contributed by atoms with Gasteiger partial charge in [0.05, 0.1) is 19.1 Å². The third-order valence-corrected chi connectivity index (χ3v) is 2.09. The zero-order chi connectivity index (χ0) is 9.03. The summed E-state index contributed by atoms with van der Waals surface area (Å²) >= 11 is 0. The number of aliphatic hydroxyl groups is 1. The van der Waals surface area contributed by atoms with Gasteiger partial charge in [-0.1, -0.05) is 12.2 Å². The summed E-state index contributed by atoms with van der Waals surface area (Å²) in [5.74, 6) is -0.357. The minimum Gasteiger partial charge on any atom is -0.469 e. The lowest BCUT2D eigenvalue weighted by Crippen LogP contribution is -2.31. The molecule has 0 bridgehead atoms. The quantitative estimate of drug-likeness (QED) is 0.497. The van der Waals surface area contributed by atoms with Gasteiger partial charge < -0.3 is 9.84 Å². The largest absolute Gasteiger partial charge is 0.469 e. The van der Waals surface area contributed by atoms with Crippen molar-refractivity contribution in [2.75, 3.05) is 7.11 Å². The van der Waals surface area contributed by atoms with Crippen LogP contribution in [-0.2, 0) is 9.53 Å². The van der Waals surface area contributed by atoms with Crippen LogP contribution in [0.2, 0.25) is 0 Å². The minimum atomic E-state index is -0.953. The number of rotatable bonds is 2. The van der Waals surface area contributed by atoms with E-state index in [0.717, 1.165) is 12.8 Å². The molecule has 0 saturated carbocycles. The van der Waals surface area contributed by atoms with E-state index in [1.807, 2.05) is 6.08 Å². The Morgan fingerprint density at radius 1 is 1.75 bits per heavy atom. The standard InChI is InChI=1S/C9H14O3/c1-12-8(10)7-9(11)5-3-2-4-6-9/h3,5,11H,2,4,6-7H2,1H3. The van der Waals surface area contributed by atoms with Gasteiger partial charge in [0, 0.05) is 0 Å². The number of allylic oxidation sites excluding steroid dienone is 1. The van der Waals surface area contributed by atoms with E-state index in [1.54, 1.807) is 6.08 Å². The summed E-state index contributed by atoms with van der Waals surface area (Å²) in [7, 11) is 1.33. The molecule has 12 heavy (non-hydrogen) atoms. The van der Waals surface area contributed by atoms with Crippen LogP contribution in [0.1, 0.15) is 25.7 Å². The van der Waals surface area contributed by atoms with Crippen LogP contribution in [-0.4, -0.2) is 23.8 Å². The summed E-state index contributed by atoms with van der Waals surface area (Å²) in [4.78, 5) is 10.9. The van der Waals surface area contributed by atoms with Crippen molar-refractivity contribution in [2.45, 2.75) is 31.3 Å². The van der Waals surface area contributed by atoms with Gasteiger partial charge in [-0.15, -0.1) is 0 Å². The normalized spacial score (nSPS) is 28.5. The van der Waals surface area contributed by atoms with Crippen molar-refractivity contribution in [1.29, 1.82) is 0 Å². The highest BCUT2D eigenvalue weighted by molar-refractivity contribution is 5.71. The second-order valence-corrected chi connectivity index (χ2v) is 3.15. The number of carbonyl (C=O) groups excluding carboxylic acids is 1. The fourth-order valence-corrected chi connectivity index (χ4v) is 1.38. The Labute approximate surface area is 72.0 Å². The lowest BCUT2D eigenvalue weighted by atomic mass is 9.88. The maximum atomic E-state index is 10.9. The van der Waals surface area contributed by atoms with Gasteiger partial charge in [-0.2, -0.15) is 0 Å². The Kier molecular flexibility index (Phi) is 2.87. The Hall–Kier alpha value is -0.830. The molecule has 0 heterocycles. The van der Waals surface area contributed by atoms with Gasteiger partial charge in [0.1, 0.15) is 0 Å². The Bertz CT molecular complexity index is 198. The molecule has 1 aliphatic carbocycles. The number of hydrogen-bond donors (Lipinski definition) is 1. The Morgan fingerprint density at radius 3 is 3.00 bits per heavy atom. The Balaban J connectivity index is 2.53.